The fourth-order valence-electron chi connectivity index (χ4n) is 6.49. The molecule has 0 radical (unpaired) electrons. The van der Waals surface area contributed by atoms with Crippen molar-refractivity contribution >= 4 is 11.8 Å². The van der Waals surface area contributed by atoms with Gasteiger partial charge in [-0.3, -0.25) is 19.5 Å². The van der Waals surface area contributed by atoms with Gasteiger partial charge in [-0.25, -0.2) is 0 Å². The van der Waals surface area contributed by atoms with Gasteiger partial charge in [-0.2, -0.15) is 0 Å². The lowest BCUT2D eigenvalue weighted by Gasteiger charge is -2.47. The second-order valence-electron chi connectivity index (χ2n) is 13.1. The first kappa shape index (κ1) is 33.6. The molecule has 2 aliphatic rings. The van der Waals surface area contributed by atoms with Crippen molar-refractivity contribution in [1.82, 2.24) is 14.8 Å². The number of pyridine rings is 1. The molecule has 3 heterocycles. The van der Waals surface area contributed by atoms with Crippen molar-refractivity contribution in [3.8, 4) is 0 Å². The molecule has 0 aliphatic carbocycles. The SMILES string of the molecule is CO[C@]1(C)C[C@@H](C)CN(C)[C@@H](c2ccncc2)COC(=O)C(C)(C)C(=O)[C@H](C)[C@H]1O[C@@H]1O[C@H](C)C[C@H](N(C)C)[C@H]1O. The molecule has 2 aliphatic heterocycles. The molecule has 1 aromatic heterocycles. The van der Waals surface area contributed by atoms with E-state index in [2.05, 4.69) is 16.8 Å². The Morgan fingerprint density at radius 2 is 1.76 bits per heavy atom. The highest BCUT2D eigenvalue weighted by atomic mass is 16.7. The zero-order chi connectivity index (χ0) is 30.7. The number of ether oxygens (including phenoxy) is 4. The zero-order valence-corrected chi connectivity index (χ0v) is 26.5. The van der Waals surface area contributed by atoms with Crippen LogP contribution in [0.1, 0.15) is 66.0 Å². The van der Waals surface area contributed by atoms with E-state index in [1.807, 2.05) is 52.0 Å². The number of esters is 1. The fraction of sp³-hybridized carbons (Fsp3) is 0.774. The summed E-state index contributed by atoms with van der Waals surface area (Å²) in [5.74, 6) is -1.57. The van der Waals surface area contributed by atoms with Gasteiger partial charge in [0.25, 0.3) is 0 Å². The average molecular weight is 578 g/mol. The molecule has 3 rings (SSSR count). The van der Waals surface area contributed by atoms with Gasteiger partial charge in [0.2, 0.25) is 0 Å². The lowest BCUT2D eigenvalue weighted by molar-refractivity contribution is -0.295. The topological polar surface area (TPSA) is 111 Å². The van der Waals surface area contributed by atoms with Gasteiger partial charge in [0, 0.05) is 38.0 Å². The minimum absolute atomic E-state index is 0.102. The summed E-state index contributed by atoms with van der Waals surface area (Å²) >= 11 is 0. The number of ketones is 1. The number of aliphatic hydroxyl groups excluding tert-OH is 1. The maximum Gasteiger partial charge on any atom is 0.319 e. The van der Waals surface area contributed by atoms with Crippen LogP contribution in [-0.4, -0.2) is 109 Å². The Hall–Kier alpha value is -1.95. The highest BCUT2D eigenvalue weighted by molar-refractivity contribution is 6.04. The van der Waals surface area contributed by atoms with Gasteiger partial charge in [0.1, 0.15) is 18.1 Å². The van der Waals surface area contributed by atoms with E-state index in [9.17, 15) is 14.7 Å². The van der Waals surface area contributed by atoms with Crippen LogP contribution >= 0.6 is 0 Å². The van der Waals surface area contributed by atoms with Crippen molar-refractivity contribution in [3.05, 3.63) is 30.1 Å². The number of nitrogens with zero attached hydrogens (tertiary/aromatic N) is 3. The van der Waals surface area contributed by atoms with Crippen LogP contribution in [0.3, 0.4) is 0 Å². The molecule has 0 amide bonds. The van der Waals surface area contributed by atoms with Crippen molar-refractivity contribution < 1.29 is 33.6 Å². The molecule has 41 heavy (non-hydrogen) atoms. The quantitative estimate of drug-likeness (QED) is 0.414. The summed E-state index contributed by atoms with van der Waals surface area (Å²) in [5.41, 5.74) is -1.41. The average Bonchev–Trinajstić information content (AvgIpc) is 2.92. The number of hydrogen-bond donors (Lipinski definition) is 1. The Labute approximate surface area is 245 Å². The van der Waals surface area contributed by atoms with Crippen molar-refractivity contribution in [2.75, 3.05) is 41.4 Å². The molecular formula is C31H51N3O7. The van der Waals surface area contributed by atoms with Crippen LogP contribution in [0.5, 0.6) is 0 Å². The molecule has 0 saturated carbocycles. The summed E-state index contributed by atoms with van der Waals surface area (Å²) in [6.45, 7) is 11.7. The predicted molar refractivity (Wildman–Crippen MR) is 155 cm³/mol. The lowest BCUT2D eigenvalue weighted by atomic mass is 9.74. The van der Waals surface area contributed by atoms with E-state index in [4.69, 9.17) is 18.9 Å². The standard InChI is InChI=1S/C31H51N3O7/c1-19-16-31(6,38-10)27(41-28-25(35)23(33(7)8)15-20(2)40-28)21(3)26(36)30(4,5)29(37)39-18-24(34(9)17-19)22-11-13-32-14-12-22/h11-14,19-21,23-25,27-28,35H,15-18H2,1-10H3/t19-,20-,21+,23+,24-,25-,27-,28+,31-/m1/s1. The highest BCUT2D eigenvalue weighted by Crippen LogP contribution is 2.38. The third-order valence-electron chi connectivity index (χ3n) is 8.97. The minimum Gasteiger partial charge on any atom is -0.463 e. The predicted octanol–water partition coefficient (Wildman–Crippen LogP) is 3.09. The molecule has 0 unspecified atom stereocenters. The summed E-state index contributed by atoms with van der Waals surface area (Å²) in [5, 5.41) is 11.3. The molecule has 9 atom stereocenters. The second kappa shape index (κ2) is 13.6. The molecule has 1 N–H and O–H groups in total. The molecule has 10 heteroatoms. The number of methoxy groups -OCH3 is 1. The third-order valence-corrected chi connectivity index (χ3v) is 8.97. The normalized spacial score (nSPS) is 38.0. The van der Waals surface area contributed by atoms with Crippen molar-refractivity contribution in [2.24, 2.45) is 17.3 Å². The van der Waals surface area contributed by atoms with Gasteiger partial charge in [0.05, 0.1) is 23.9 Å². The molecule has 0 spiro atoms. The summed E-state index contributed by atoms with van der Waals surface area (Å²) in [6, 6.07) is 3.43. The van der Waals surface area contributed by atoms with Gasteiger partial charge in [-0.1, -0.05) is 13.8 Å². The third kappa shape index (κ3) is 7.53. The van der Waals surface area contributed by atoms with Crippen LogP contribution < -0.4 is 0 Å². The largest absolute Gasteiger partial charge is 0.463 e. The maximum absolute atomic E-state index is 14.1. The molecule has 0 aromatic carbocycles. The number of carbonyl (C=O) groups excluding carboxylic acids is 2. The Morgan fingerprint density at radius 3 is 2.34 bits per heavy atom. The first-order valence-electron chi connectivity index (χ1n) is 14.6. The van der Waals surface area contributed by atoms with Crippen molar-refractivity contribution in [1.29, 1.82) is 0 Å². The molecular weight excluding hydrogens is 526 g/mol. The van der Waals surface area contributed by atoms with E-state index < -0.39 is 41.4 Å². The van der Waals surface area contributed by atoms with Gasteiger partial charge >= 0.3 is 5.97 Å². The van der Waals surface area contributed by atoms with Crippen LogP contribution in [0.15, 0.2) is 24.5 Å². The van der Waals surface area contributed by atoms with E-state index in [0.717, 1.165) is 5.56 Å². The zero-order valence-electron chi connectivity index (χ0n) is 26.5. The Balaban J connectivity index is 2.03. The van der Waals surface area contributed by atoms with E-state index in [1.165, 1.54) is 0 Å². The van der Waals surface area contributed by atoms with Gasteiger partial charge < -0.3 is 29.0 Å². The first-order valence-corrected chi connectivity index (χ1v) is 14.6. The minimum atomic E-state index is -1.44. The number of carbonyl (C=O) groups is 2. The van der Waals surface area contributed by atoms with Gasteiger partial charge in [-0.15, -0.1) is 0 Å². The summed E-state index contributed by atoms with van der Waals surface area (Å²) in [4.78, 5) is 35.8. The van der Waals surface area contributed by atoms with Crippen molar-refractivity contribution in [3.63, 3.8) is 0 Å². The van der Waals surface area contributed by atoms with E-state index in [1.54, 1.807) is 40.3 Å². The van der Waals surface area contributed by atoms with E-state index in [0.29, 0.717) is 19.4 Å². The number of aromatic nitrogens is 1. The summed E-state index contributed by atoms with van der Waals surface area (Å²) in [6.07, 6.45) is 1.77. The number of hydrogen-bond acceptors (Lipinski definition) is 10. The smallest absolute Gasteiger partial charge is 0.319 e. The molecule has 0 bridgehead atoms. The molecule has 232 valence electrons. The summed E-state index contributed by atoms with van der Waals surface area (Å²) in [7, 11) is 7.45. The Bertz CT molecular complexity index is 1020. The Morgan fingerprint density at radius 1 is 1.12 bits per heavy atom. The summed E-state index contributed by atoms with van der Waals surface area (Å²) < 4.78 is 24.7. The number of likely N-dealkylation sites (N-methyl/N-ethyl adjacent to an activating group) is 2. The number of aliphatic hydroxyl groups is 1. The second-order valence-corrected chi connectivity index (χ2v) is 13.1. The number of Topliss-reactive ketones (excluding diaryl/α,β-unsaturated/α-hetero) is 1. The van der Waals surface area contributed by atoms with Crippen LogP contribution in [0.4, 0.5) is 0 Å². The number of rotatable bonds is 5. The first-order chi connectivity index (χ1) is 19.1. The highest BCUT2D eigenvalue weighted by Gasteiger charge is 2.51. The maximum atomic E-state index is 14.1. The van der Waals surface area contributed by atoms with Crippen LogP contribution in [0, 0.1) is 17.3 Å². The molecule has 2 saturated heterocycles. The fourth-order valence-corrected chi connectivity index (χ4v) is 6.49. The Kier molecular flexibility index (Phi) is 11.1. The van der Waals surface area contributed by atoms with Crippen molar-refractivity contribution in [2.45, 2.75) is 96.7 Å². The van der Waals surface area contributed by atoms with Crippen LogP contribution in [0.25, 0.3) is 0 Å². The molecule has 10 nitrogen and oxygen atoms in total. The monoisotopic (exact) mass is 577 g/mol. The lowest BCUT2D eigenvalue weighted by Crippen LogP contribution is -2.59. The molecule has 1 aromatic rings. The number of cyclic esters (lactones) is 1. The van der Waals surface area contributed by atoms with Gasteiger partial charge in [-0.05, 0) is 85.3 Å². The van der Waals surface area contributed by atoms with E-state index in [-0.39, 0.29) is 36.5 Å². The van der Waals surface area contributed by atoms with Gasteiger partial charge in [0.15, 0.2) is 12.1 Å². The van der Waals surface area contributed by atoms with Crippen LogP contribution in [0.2, 0.25) is 0 Å². The van der Waals surface area contributed by atoms with E-state index >= 15 is 0 Å². The van der Waals surface area contributed by atoms with Crippen LogP contribution in [-0.2, 0) is 28.5 Å². The molecule has 2 fully saturated rings.